The predicted molar refractivity (Wildman–Crippen MR) is 86.1 cm³/mol. The average Bonchev–Trinajstić information content (AvgIpc) is 2.84. The van der Waals surface area contributed by atoms with Crippen LogP contribution in [0, 0.1) is 17.2 Å². The Bertz CT molecular complexity index is 599. The highest BCUT2D eigenvalue weighted by atomic mass is 32.1. The van der Waals surface area contributed by atoms with Crippen molar-refractivity contribution in [1.29, 1.82) is 5.26 Å². The van der Waals surface area contributed by atoms with E-state index < -0.39 is 0 Å². The number of thiophene rings is 1. The van der Waals surface area contributed by atoms with Gasteiger partial charge in [0.25, 0.3) is 0 Å². The summed E-state index contributed by atoms with van der Waals surface area (Å²) in [6, 6.07) is 2.29. The van der Waals surface area contributed by atoms with E-state index in [0.29, 0.717) is 31.2 Å². The molecule has 3 rings (SSSR count). The highest BCUT2D eigenvalue weighted by molar-refractivity contribution is 7.16. The molecule has 1 aliphatic carbocycles. The minimum Gasteiger partial charge on any atom is -0.379 e. The fourth-order valence-corrected chi connectivity index (χ4v) is 4.46. The van der Waals surface area contributed by atoms with Crippen LogP contribution in [0.15, 0.2) is 0 Å². The third-order valence-corrected chi connectivity index (χ3v) is 5.52. The molecule has 0 bridgehead atoms. The third-order valence-electron chi connectivity index (χ3n) is 4.35. The second-order valence-corrected chi connectivity index (χ2v) is 7.21. The van der Waals surface area contributed by atoms with Crippen LogP contribution in [0.3, 0.4) is 0 Å². The lowest BCUT2D eigenvalue weighted by atomic mass is 9.89. The van der Waals surface area contributed by atoms with E-state index in [-0.39, 0.29) is 5.91 Å². The van der Waals surface area contributed by atoms with E-state index in [1.54, 1.807) is 11.3 Å². The van der Waals surface area contributed by atoms with Crippen LogP contribution in [0.2, 0.25) is 0 Å². The Morgan fingerprint density at radius 1 is 1.50 bits per heavy atom. The summed E-state index contributed by atoms with van der Waals surface area (Å²) in [5.41, 5.74) is 1.84. The van der Waals surface area contributed by atoms with Gasteiger partial charge in [-0.25, -0.2) is 0 Å². The normalized spacial score (nSPS) is 21.9. The van der Waals surface area contributed by atoms with Gasteiger partial charge in [0, 0.05) is 18.0 Å². The van der Waals surface area contributed by atoms with E-state index in [9.17, 15) is 10.1 Å². The number of nitriles is 1. The van der Waals surface area contributed by atoms with Crippen molar-refractivity contribution in [2.75, 3.05) is 38.2 Å². The predicted octanol–water partition coefficient (Wildman–Crippen LogP) is 2.02. The molecule has 0 radical (unpaired) electrons. The maximum absolute atomic E-state index is 12.2. The van der Waals surface area contributed by atoms with Crippen LogP contribution < -0.4 is 5.32 Å². The van der Waals surface area contributed by atoms with Gasteiger partial charge in [-0.2, -0.15) is 5.26 Å². The minimum absolute atomic E-state index is 0.0370. The lowest BCUT2D eigenvalue weighted by Crippen LogP contribution is -2.41. The van der Waals surface area contributed by atoms with Crippen LogP contribution >= 0.6 is 11.3 Å². The molecule has 6 heteroatoms. The number of rotatable bonds is 3. The lowest BCUT2D eigenvalue weighted by Gasteiger charge is -2.25. The summed E-state index contributed by atoms with van der Waals surface area (Å²) >= 11 is 1.58. The van der Waals surface area contributed by atoms with Crippen LogP contribution in [-0.4, -0.2) is 43.7 Å². The first kappa shape index (κ1) is 15.5. The van der Waals surface area contributed by atoms with Crippen LogP contribution in [0.5, 0.6) is 0 Å². The topological polar surface area (TPSA) is 65.4 Å². The fourth-order valence-electron chi connectivity index (χ4n) is 3.09. The molecule has 22 heavy (non-hydrogen) atoms. The zero-order valence-corrected chi connectivity index (χ0v) is 13.7. The first-order valence-corrected chi connectivity index (χ1v) is 8.63. The number of hydrogen-bond acceptors (Lipinski definition) is 5. The average molecular weight is 319 g/mol. The number of amides is 1. The largest absolute Gasteiger partial charge is 0.379 e. The fraction of sp³-hybridized carbons (Fsp3) is 0.625. The summed E-state index contributed by atoms with van der Waals surface area (Å²) in [5.74, 6) is 0.625. The van der Waals surface area contributed by atoms with Gasteiger partial charge >= 0.3 is 0 Å². The van der Waals surface area contributed by atoms with Crippen LogP contribution in [-0.2, 0) is 22.4 Å². The molecule has 1 aromatic heterocycles. The first-order chi connectivity index (χ1) is 10.7. The highest BCUT2D eigenvalue weighted by Gasteiger charge is 2.25. The number of carbonyl (C=O) groups excluding carboxylic acids is 1. The molecule has 0 saturated carbocycles. The Morgan fingerprint density at radius 2 is 2.27 bits per heavy atom. The van der Waals surface area contributed by atoms with Gasteiger partial charge in [0.05, 0.1) is 25.3 Å². The number of nitrogens with one attached hydrogen (secondary N) is 1. The quantitative estimate of drug-likeness (QED) is 0.925. The number of ether oxygens (including phenoxy) is 1. The van der Waals surface area contributed by atoms with E-state index in [1.165, 1.54) is 4.88 Å². The van der Waals surface area contributed by atoms with Gasteiger partial charge in [0.2, 0.25) is 5.91 Å². The van der Waals surface area contributed by atoms with Crippen molar-refractivity contribution >= 4 is 22.2 Å². The maximum Gasteiger partial charge on any atom is 0.239 e. The van der Waals surface area contributed by atoms with Crippen molar-refractivity contribution in [3.8, 4) is 6.07 Å². The molecule has 5 nitrogen and oxygen atoms in total. The van der Waals surface area contributed by atoms with Gasteiger partial charge in [0.15, 0.2) is 0 Å². The Labute approximate surface area is 134 Å². The summed E-state index contributed by atoms with van der Waals surface area (Å²) in [6.07, 6.45) is 3.10. The second-order valence-electron chi connectivity index (χ2n) is 6.10. The van der Waals surface area contributed by atoms with Crippen LogP contribution in [0.1, 0.15) is 29.3 Å². The van der Waals surface area contributed by atoms with Crippen molar-refractivity contribution in [3.05, 3.63) is 16.0 Å². The summed E-state index contributed by atoms with van der Waals surface area (Å²) in [7, 11) is 0. The third kappa shape index (κ3) is 3.32. The molecule has 1 amide bonds. The van der Waals surface area contributed by atoms with Gasteiger partial charge in [-0.3, -0.25) is 9.69 Å². The molecule has 0 aromatic carbocycles. The first-order valence-electron chi connectivity index (χ1n) is 7.82. The molecule has 118 valence electrons. The summed E-state index contributed by atoms with van der Waals surface area (Å²) < 4.78 is 5.29. The molecule has 1 fully saturated rings. The number of fused-ring (bicyclic) bond motifs is 1. The van der Waals surface area contributed by atoms with Gasteiger partial charge < -0.3 is 10.1 Å². The van der Waals surface area contributed by atoms with Crippen molar-refractivity contribution in [2.45, 2.75) is 26.2 Å². The zero-order chi connectivity index (χ0) is 15.5. The van der Waals surface area contributed by atoms with Gasteiger partial charge in [-0.1, -0.05) is 6.92 Å². The van der Waals surface area contributed by atoms with Crippen molar-refractivity contribution in [3.63, 3.8) is 0 Å². The van der Waals surface area contributed by atoms with E-state index in [2.05, 4.69) is 23.2 Å². The monoisotopic (exact) mass is 319 g/mol. The highest BCUT2D eigenvalue weighted by Crippen LogP contribution is 2.39. The molecule has 1 N–H and O–H groups in total. The van der Waals surface area contributed by atoms with Crippen LogP contribution in [0.4, 0.5) is 5.00 Å². The number of morpholine rings is 1. The van der Waals surface area contributed by atoms with Gasteiger partial charge in [0.1, 0.15) is 11.1 Å². The van der Waals surface area contributed by atoms with E-state index in [4.69, 9.17) is 4.74 Å². The van der Waals surface area contributed by atoms with Crippen molar-refractivity contribution in [2.24, 2.45) is 5.92 Å². The maximum atomic E-state index is 12.2. The summed E-state index contributed by atoms with van der Waals surface area (Å²) in [5, 5.41) is 13.1. The van der Waals surface area contributed by atoms with Crippen LogP contribution in [0.25, 0.3) is 0 Å². The molecule has 2 aliphatic rings. The molecule has 1 saturated heterocycles. The molecule has 1 aliphatic heterocycles. The Morgan fingerprint density at radius 3 is 3.00 bits per heavy atom. The van der Waals surface area contributed by atoms with Gasteiger partial charge in [-0.05, 0) is 30.7 Å². The number of hydrogen-bond donors (Lipinski definition) is 1. The zero-order valence-electron chi connectivity index (χ0n) is 12.9. The van der Waals surface area contributed by atoms with E-state index in [0.717, 1.165) is 42.9 Å². The molecular weight excluding hydrogens is 298 g/mol. The molecule has 0 unspecified atom stereocenters. The molecule has 1 atom stereocenters. The Kier molecular flexibility index (Phi) is 4.77. The SMILES string of the molecule is C[C@@H]1CCc2c(sc(NC(=O)CN3CCOCC3)c2C#N)C1. The Hall–Kier alpha value is -1.42. The number of carbonyl (C=O) groups is 1. The number of anilines is 1. The van der Waals surface area contributed by atoms with Crippen molar-refractivity contribution < 1.29 is 9.53 Å². The molecular formula is C16H21N3O2S. The van der Waals surface area contributed by atoms with E-state index in [1.807, 2.05) is 0 Å². The second kappa shape index (κ2) is 6.78. The lowest BCUT2D eigenvalue weighted by molar-refractivity contribution is -0.118. The Balaban J connectivity index is 1.69. The smallest absolute Gasteiger partial charge is 0.239 e. The van der Waals surface area contributed by atoms with Crippen molar-refractivity contribution in [1.82, 2.24) is 4.90 Å². The molecule has 0 spiro atoms. The van der Waals surface area contributed by atoms with E-state index >= 15 is 0 Å². The summed E-state index contributed by atoms with van der Waals surface area (Å²) in [4.78, 5) is 15.6. The summed E-state index contributed by atoms with van der Waals surface area (Å²) in [6.45, 7) is 5.55. The minimum atomic E-state index is -0.0370. The molecule has 1 aromatic rings. The number of nitrogens with zero attached hydrogens (tertiary/aromatic N) is 2. The standard InChI is InChI=1S/C16H21N3O2S/c1-11-2-3-12-13(9-17)16(22-14(12)8-11)18-15(20)10-19-4-6-21-7-5-19/h11H,2-8,10H2,1H3,(H,18,20)/t11-/m1/s1. The van der Waals surface area contributed by atoms with Gasteiger partial charge in [-0.15, -0.1) is 11.3 Å². The molecule has 2 heterocycles.